The third kappa shape index (κ3) is 2.51. The molecule has 0 aromatic carbocycles. The number of hydrogen-bond donors (Lipinski definition) is 2. The number of fused-ring (bicyclic) bond motifs is 5. The summed E-state index contributed by atoms with van der Waals surface area (Å²) in [6, 6.07) is 2.28. The summed E-state index contributed by atoms with van der Waals surface area (Å²) in [5.74, 6) is 3.46. The van der Waals surface area contributed by atoms with Crippen molar-refractivity contribution in [3.63, 3.8) is 0 Å². The van der Waals surface area contributed by atoms with Gasteiger partial charge in [-0.05, 0) is 93.8 Å². The van der Waals surface area contributed by atoms with Crippen LogP contribution in [0.3, 0.4) is 0 Å². The van der Waals surface area contributed by atoms with Gasteiger partial charge in [0.2, 0.25) is 0 Å². The largest absolute Gasteiger partial charge is 0.390 e. The third-order valence-corrected chi connectivity index (χ3v) is 9.16. The van der Waals surface area contributed by atoms with Gasteiger partial charge >= 0.3 is 0 Å². The molecule has 0 aliphatic heterocycles. The Balaban J connectivity index is 1.53. The van der Waals surface area contributed by atoms with E-state index in [2.05, 4.69) is 19.9 Å². The minimum Gasteiger partial charge on any atom is -0.390 e. The summed E-state index contributed by atoms with van der Waals surface area (Å²) >= 11 is 0. The summed E-state index contributed by atoms with van der Waals surface area (Å²) < 4.78 is 0. The zero-order chi connectivity index (χ0) is 17.9. The lowest BCUT2D eigenvalue weighted by molar-refractivity contribution is -0.127. The SMILES string of the molecule is CCC[C@@]1(O)CC[C@H]2[C@H](CC[C@@H]3[C@@H]2CC[C@@]2(C)[C@H]3CCC2(O)C#N)C1. The van der Waals surface area contributed by atoms with Gasteiger partial charge in [0.25, 0.3) is 0 Å². The first-order valence-electron chi connectivity index (χ1n) is 10.7. The average molecular weight is 346 g/mol. The number of rotatable bonds is 2. The molecule has 8 atom stereocenters. The first kappa shape index (κ1) is 17.8. The average Bonchev–Trinajstić information content (AvgIpc) is 2.86. The number of nitriles is 1. The summed E-state index contributed by atoms with van der Waals surface area (Å²) in [7, 11) is 0. The van der Waals surface area contributed by atoms with Crippen molar-refractivity contribution in [2.24, 2.45) is 35.0 Å². The second kappa shape index (κ2) is 5.96. The molecule has 1 unspecified atom stereocenters. The van der Waals surface area contributed by atoms with Crippen LogP contribution < -0.4 is 0 Å². The van der Waals surface area contributed by atoms with Crippen molar-refractivity contribution in [3.05, 3.63) is 0 Å². The molecule has 4 fully saturated rings. The van der Waals surface area contributed by atoms with Gasteiger partial charge in [-0.15, -0.1) is 0 Å². The van der Waals surface area contributed by atoms with Crippen LogP contribution in [0.2, 0.25) is 0 Å². The fourth-order valence-corrected chi connectivity index (χ4v) is 7.85. The molecule has 3 nitrogen and oxygen atoms in total. The van der Waals surface area contributed by atoms with Crippen LogP contribution in [0.4, 0.5) is 0 Å². The molecule has 3 heteroatoms. The predicted octanol–water partition coefficient (Wildman–Crippen LogP) is 4.42. The van der Waals surface area contributed by atoms with Crippen molar-refractivity contribution in [1.82, 2.24) is 0 Å². The molecule has 0 aromatic rings. The highest BCUT2D eigenvalue weighted by Crippen LogP contribution is 2.65. The first-order chi connectivity index (χ1) is 11.9. The highest BCUT2D eigenvalue weighted by Gasteiger charge is 2.63. The van der Waals surface area contributed by atoms with E-state index < -0.39 is 11.2 Å². The summed E-state index contributed by atoms with van der Waals surface area (Å²) in [5.41, 5.74) is -1.71. The molecule has 4 aliphatic carbocycles. The predicted molar refractivity (Wildman–Crippen MR) is 97.5 cm³/mol. The maximum absolute atomic E-state index is 10.9. The fourth-order valence-electron chi connectivity index (χ4n) is 7.85. The van der Waals surface area contributed by atoms with Gasteiger partial charge in [-0.1, -0.05) is 20.3 Å². The molecule has 2 N–H and O–H groups in total. The molecule has 0 spiro atoms. The monoisotopic (exact) mass is 345 g/mol. The van der Waals surface area contributed by atoms with Gasteiger partial charge in [-0.25, -0.2) is 0 Å². The molecule has 4 rings (SSSR count). The third-order valence-electron chi connectivity index (χ3n) is 9.16. The van der Waals surface area contributed by atoms with Crippen LogP contribution in [0.15, 0.2) is 0 Å². The second-order valence-corrected chi connectivity index (χ2v) is 10.1. The van der Waals surface area contributed by atoms with Crippen molar-refractivity contribution in [2.45, 2.75) is 95.7 Å². The molecule has 0 bridgehead atoms. The Labute approximate surface area is 152 Å². The number of hydrogen-bond acceptors (Lipinski definition) is 3. The molecule has 0 heterocycles. The second-order valence-electron chi connectivity index (χ2n) is 10.1. The van der Waals surface area contributed by atoms with Crippen LogP contribution in [0.5, 0.6) is 0 Å². The maximum Gasteiger partial charge on any atom is 0.156 e. The highest BCUT2D eigenvalue weighted by atomic mass is 16.3. The van der Waals surface area contributed by atoms with E-state index in [1.165, 1.54) is 25.7 Å². The Hall–Kier alpha value is -0.590. The molecule has 0 amide bonds. The Morgan fingerprint density at radius 2 is 1.72 bits per heavy atom. The van der Waals surface area contributed by atoms with E-state index in [1.807, 2.05) is 0 Å². The van der Waals surface area contributed by atoms with Crippen molar-refractivity contribution >= 4 is 0 Å². The molecular weight excluding hydrogens is 310 g/mol. The number of aliphatic hydroxyl groups is 2. The smallest absolute Gasteiger partial charge is 0.156 e. The Kier molecular flexibility index (Phi) is 4.25. The van der Waals surface area contributed by atoms with E-state index >= 15 is 0 Å². The van der Waals surface area contributed by atoms with E-state index in [-0.39, 0.29) is 5.41 Å². The quantitative estimate of drug-likeness (QED) is 0.728. The molecule has 4 aliphatic rings. The minimum atomic E-state index is -1.10. The normalized spacial score (nSPS) is 54.9. The molecule has 0 radical (unpaired) electrons. The van der Waals surface area contributed by atoms with Gasteiger partial charge in [0.1, 0.15) is 0 Å². The van der Waals surface area contributed by atoms with Crippen molar-refractivity contribution in [1.29, 1.82) is 5.26 Å². The summed E-state index contributed by atoms with van der Waals surface area (Å²) in [6.07, 6.45) is 11.6. The molecule has 4 saturated carbocycles. The fraction of sp³-hybridized carbons (Fsp3) is 0.955. The number of nitrogens with zero attached hydrogens (tertiary/aromatic N) is 1. The molecule has 0 saturated heterocycles. The molecular formula is C22H35NO2. The molecule has 25 heavy (non-hydrogen) atoms. The molecule has 140 valence electrons. The first-order valence-corrected chi connectivity index (χ1v) is 10.7. The van der Waals surface area contributed by atoms with Crippen LogP contribution in [0.25, 0.3) is 0 Å². The highest BCUT2D eigenvalue weighted by molar-refractivity contribution is 5.20. The maximum atomic E-state index is 10.9. The van der Waals surface area contributed by atoms with Crippen LogP contribution in [0.1, 0.15) is 84.5 Å². The van der Waals surface area contributed by atoms with E-state index in [1.54, 1.807) is 0 Å². The summed E-state index contributed by atoms with van der Waals surface area (Å²) in [6.45, 7) is 4.37. The zero-order valence-electron chi connectivity index (χ0n) is 16.0. The van der Waals surface area contributed by atoms with Crippen molar-refractivity contribution in [2.75, 3.05) is 0 Å². The Morgan fingerprint density at radius 3 is 2.44 bits per heavy atom. The lowest BCUT2D eigenvalue weighted by Crippen LogP contribution is -2.54. The van der Waals surface area contributed by atoms with Crippen LogP contribution in [-0.4, -0.2) is 21.4 Å². The van der Waals surface area contributed by atoms with Gasteiger partial charge in [0, 0.05) is 5.41 Å². The standard InChI is InChI=1S/C22H35NO2/c1-3-9-21(24)11-7-16-15(13-21)4-5-18-17(16)6-10-20(2)19(18)8-12-22(20,25)14-23/h15-19,24-25H,3-13H2,1-2H3/t15-,16+,17-,18-,19+,20+,21-,22?/m1/s1. The van der Waals surface area contributed by atoms with E-state index in [0.717, 1.165) is 50.4 Å². The summed E-state index contributed by atoms with van der Waals surface area (Å²) in [4.78, 5) is 0. The van der Waals surface area contributed by atoms with Gasteiger partial charge < -0.3 is 10.2 Å². The van der Waals surface area contributed by atoms with Gasteiger partial charge in [0.15, 0.2) is 5.60 Å². The van der Waals surface area contributed by atoms with E-state index in [9.17, 15) is 15.5 Å². The Bertz CT molecular complexity index is 571. The van der Waals surface area contributed by atoms with Gasteiger partial charge in [-0.3, -0.25) is 0 Å². The summed E-state index contributed by atoms with van der Waals surface area (Å²) in [5, 5.41) is 31.4. The van der Waals surface area contributed by atoms with Crippen molar-refractivity contribution in [3.8, 4) is 6.07 Å². The van der Waals surface area contributed by atoms with E-state index in [0.29, 0.717) is 24.2 Å². The minimum absolute atomic E-state index is 0.201. The van der Waals surface area contributed by atoms with Gasteiger partial charge in [0.05, 0.1) is 11.7 Å². The zero-order valence-corrected chi connectivity index (χ0v) is 16.0. The lowest BCUT2D eigenvalue weighted by Gasteiger charge is -2.57. The Morgan fingerprint density at radius 1 is 0.960 bits per heavy atom. The van der Waals surface area contributed by atoms with E-state index in [4.69, 9.17) is 0 Å². The lowest BCUT2D eigenvalue weighted by atomic mass is 9.48. The van der Waals surface area contributed by atoms with Gasteiger partial charge in [-0.2, -0.15) is 5.26 Å². The molecule has 0 aromatic heterocycles. The van der Waals surface area contributed by atoms with Crippen LogP contribution in [0, 0.1) is 46.3 Å². The van der Waals surface area contributed by atoms with Crippen LogP contribution >= 0.6 is 0 Å². The van der Waals surface area contributed by atoms with Crippen LogP contribution in [-0.2, 0) is 0 Å². The topological polar surface area (TPSA) is 64.2 Å². The van der Waals surface area contributed by atoms with Crippen molar-refractivity contribution < 1.29 is 10.2 Å².